The van der Waals surface area contributed by atoms with E-state index in [2.05, 4.69) is 5.32 Å². The number of hydrogen-bond acceptors (Lipinski definition) is 4. The zero-order valence-corrected chi connectivity index (χ0v) is 18.9. The minimum absolute atomic E-state index is 0.0373. The van der Waals surface area contributed by atoms with Crippen LogP contribution in [0.3, 0.4) is 0 Å². The van der Waals surface area contributed by atoms with Crippen molar-refractivity contribution in [2.45, 2.75) is 31.2 Å². The van der Waals surface area contributed by atoms with E-state index in [1.54, 1.807) is 12.1 Å². The standard InChI is InChI=1S/C21H27ClFN3O3S/c1-4-13-26(30(28,29)19-8-5-17(23)6-9-19)15-16-14-18(24-21(27)11-12-22)7-10-20(16)25(2)3/h5-10,14H,4,11-13,15H2,1-3H3,(H,24,27). The second kappa shape index (κ2) is 10.7. The minimum atomic E-state index is -3.82. The van der Waals surface area contributed by atoms with Crippen molar-refractivity contribution in [3.05, 3.63) is 53.8 Å². The van der Waals surface area contributed by atoms with E-state index in [1.165, 1.54) is 16.4 Å². The first-order chi connectivity index (χ1) is 14.2. The molecule has 164 valence electrons. The van der Waals surface area contributed by atoms with Gasteiger partial charge in [0.2, 0.25) is 15.9 Å². The maximum atomic E-state index is 13.3. The second-order valence-electron chi connectivity index (χ2n) is 7.02. The molecule has 2 aromatic rings. The minimum Gasteiger partial charge on any atom is -0.377 e. The van der Waals surface area contributed by atoms with Crippen LogP contribution in [0.1, 0.15) is 25.3 Å². The Morgan fingerprint density at radius 2 is 1.80 bits per heavy atom. The van der Waals surface area contributed by atoms with E-state index in [-0.39, 0.29) is 29.6 Å². The lowest BCUT2D eigenvalue weighted by Gasteiger charge is -2.25. The molecule has 1 N–H and O–H groups in total. The first-order valence-electron chi connectivity index (χ1n) is 9.60. The number of alkyl halides is 1. The molecule has 0 radical (unpaired) electrons. The summed E-state index contributed by atoms with van der Waals surface area (Å²) in [6, 6.07) is 10.2. The maximum Gasteiger partial charge on any atom is 0.243 e. The van der Waals surface area contributed by atoms with E-state index in [9.17, 15) is 17.6 Å². The molecule has 1 amide bonds. The molecule has 9 heteroatoms. The molecule has 0 atom stereocenters. The van der Waals surface area contributed by atoms with Gasteiger partial charge in [0, 0.05) is 50.9 Å². The topological polar surface area (TPSA) is 69.7 Å². The third-order valence-corrected chi connectivity index (χ3v) is 6.49. The number of hydrogen-bond donors (Lipinski definition) is 1. The molecule has 0 bridgehead atoms. The normalized spacial score (nSPS) is 11.5. The number of amides is 1. The Morgan fingerprint density at radius 1 is 1.13 bits per heavy atom. The molecule has 0 aromatic heterocycles. The number of sulfonamides is 1. The van der Waals surface area contributed by atoms with Crippen LogP contribution in [-0.2, 0) is 21.4 Å². The van der Waals surface area contributed by atoms with Gasteiger partial charge in [-0.2, -0.15) is 4.31 Å². The Labute approximate surface area is 182 Å². The predicted octanol–water partition coefficient (Wildman–Crippen LogP) is 4.06. The van der Waals surface area contributed by atoms with Crippen molar-refractivity contribution in [3.63, 3.8) is 0 Å². The first kappa shape index (κ1) is 24.1. The lowest BCUT2D eigenvalue weighted by atomic mass is 10.1. The van der Waals surface area contributed by atoms with Gasteiger partial charge in [-0.15, -0.1) is 11.6 Å². The SMILES string of the molecule is CCCN(Cc1cc(NC(=O)CCCl)ccc1N(C)C)S(=O)(=O)c1ccc(F)cc1. The summed E-state index contributed by atoms with van der Waals surface area (Å²) in [4.78, 5) is 13.8. The average molecular weight is 456 g/mol. The number of nitrogens with one attached hydrogen (secondary N) is 1. The van der Waals surface area contributed by atoms with Crippen molar-refractivity contribution in [1.82, 2.24) is 4.31 Å². The molecule has 0 fully saturated rings. The van der Waals surface area contributed by atoms with Gasteiger partial charge in [-0.25, -0.2) is 12.8 Å². The van der Waals surface area contributed by atoms with Crippen LogP contribution >= 0.6 is 11.6 Å². The van der Waals surface area contributed by atoms with Crippen LogP contribution in [0.5, 0.6) is 0 Å². The van der Waals surface area contributed by atoms with Crippen LogP contribution in [0.4, 0.5) is 15.8 Å². The van der Waals surface area contributed by atoms with Gasteiger partial charge in [0.25, 0.3) is 0 Å². The van der Waals surface area contributed by atoms with Gasteiger partial charge >= 0.3 is 0 Å². The molecular formula is C21H27ClFN3O3S. The van der Waals surface area contributed by atoms with Gasteiger partial charge in [0.05, 0.1) is 4.90 Å². The summed E-state index contributed by atoms with van der Waals surface area (Å²) < 4.78 is 41.0. The monoisotopic (exact) mass is 455 g/mol. The van der Waals surface area contributed by atoms with Gasteiger partial charge in [-0.3, -0.25) is 4.79 Å². The van der Waals surface area contributed by atoms with E-state index in [0.717, 1.165) is 23.4 Å². The fourth-order valence-corrected chi connectivity index (χ4v) is 4.70. The fourth-order valence-electron chi connectivity index (χ4n) is 3.01. The highest BCUT2D eigenvalue weighted by Crippen LogP contribution is 2.27. The highest BCUT2D eigenvalue weighted by molar-refractivity contribution is 7.89. The van der Waals surface area contributed by atoms with Crippen LogP contribution < -0.4 is 10.2 Å². The van der Waals surface area contributed by atoms with Gasteiger partial charge in [-0.1, -0.05) is 6.92 Å². The van der Waals surface area contributed by atoms with E-state index in [1.807, 2.05) is 32.0 Å². The quantitative estimate of drug-likeness (QED) is 0.548. The molecule has 0 unspecified atom stereocenters. The molecule has 6 nitrogen and oxygen atoms in total. The first-order valence-corrected chi connectivity index (χ1v) is 11.6. The molecule has 0 aliphatic carbocycles. The number of halogens is 2. The number of carbonyl (C=O) groups excluding carboxylic acids is 1. The zero-order valence-electron chi connectivity index (χ0n) is 17.4. The van der Waals surface area contributed by atoms with E-state index < -0.39 is 15.8 Å². The molecule has 0 spiro atoms. The third kappa shape index (κ3) is 6.17. The second-order valence-corrected chi connectivity index (χ2v) is 9.33. The number of carbonyl (C=O) groups is 1. The van der Waals surface area contributed by atoms with Gasteiger partial charge < -0.3 is 10.2 Å². The summed E-state index contributed by atoms with van der Waals surface area (Å²) in [5.74, 6) is -0.488. The molecule has 0 aliphatic heterocycles. The summed E-state index contributed by atoms with van der Waals surface area (Å²) in [6.45, 7) is 2.30. The summed E-state index contributed by atoms with van der Waals surface area (Å²) in [5, 5.41) is 2.78. The molecule has 2 rings (SSSR count). The Hall–Kier alpha value is -2.16. The average Bonchev–Trinajstić information content (AvgIpc) is 2.68. The fraction of sp³-hybridized carbons (Fsp3) is 0.381. The van der Waals surface area contributed by atoms with Crippen LogP contribution in [0, 0.1) is 5.82 Å². The van der Waals surface area contributed by atoms with Crippen LogP contribution in [-0.4, -0.2) is 45.2 Å². The summed E-state index contributed by atoms with van der Waals surface area (Å²) in [7, 11) is -0.0932. The number of anilines is 2. The molecule has 0 aliphatic rings. The van der Waals surface area contributed by atoms with Gasteiger partial charge in [0.15, 0.2) is 0 Å². The largest absolute Gasteiger partial charge is 0.377 e. The van der Waals surface area contributed by atoms with Crippen molar-refractivity contribution in [3.8, 4) is 0 Å². The number of nitrogens with zero attached hydrogens (tertiary/aromatic N) is 2. The van der Waals surface area contributed by atoms with Crippen LogP contribution in [0.25, 0.3) is 0 Å². The lowest BCUT2D eigenvalue weighted by molar-refractivity contribution is -0.115. The Morgan fingerprint density at radius 3 is 2.37 bits per heavy atom. The maximum absolute atomic E-state index is 13.3. The highest BCUT2D eigenvalue weighted by atomic mass is 35.5. The zero-order chi connectivity index (χ0) is 22.3. The van der Waals surface area contributed by atoms with E-state index in [4.69, 9.17) is 11.6 Å². The van der Waals surface area contributed by atoms with Gasteiger partial charge in [-0.05, 0) is 54.4 Å². The van der Waals surface area contributed by atoms with Crippen molar-refractivity contribution in [2.75, 3.05) is 36.7 Å². The summed E-state index contributed by atoms with van der Waals surface area (Å²) >= 11 is 5.62. The molecule has 0 heterocycles. The van der Waals surface area contributed by atoms with Crippen molar-refractivity contribution >= 4 is 38.9 Å². The third-order valence-electron chi connectivity index (χ3n) is 4.44. The Kier molecular flexibility index (Phi) is 8.64. The predicted molar refractivity (Wildman–Crippen MR) is 119 cm³/mol. The van der Waals surface area contributed by atoms with E-state index in [0.29, 0.717) is 18.7 Å². The van der Waals surface area contributed by atoms with Crippen LogP contribution in [0.15, 0.2) is 47.4 Å². The summed E-state index contributed by atoms with van der Waals surface area (Å²) in [5.41, 5.74) is 2.14. The number of benzene rings is 2. The van der Waals surface area contributed by atoms with Crippen LogP contribution in [0.2, 0.25) is 0 Å². The number of rotatable bonds is 10. The van der Waals surface area contributed by atoms with Gasteiger partial charge in [0.1, 0.15) is 5.82 Å². The van der Waals surface area contributed by atoms with Crippen molar-refractivity contribution in [1.29, 1.82) is 0 Å². The molecule has 0 saturated heterocycles. The Balaban J connectivity index is 2.41. The smallest absolute Gasteiger partial charge is 0.243 e. The highest BCUT2D eigenvalue weighted by Gasteiger charge is 2.25. The van der Waals surface area contributed by atoms with E-state index >= 15 is 0 Å². The molecular weight excluding hydrogens is 429 g/mol. The van der Waals surface area contributed by atoms with Crippen molar-refractivity contribution < 1.29 is 17.6 Å². The molecule has 30 heavy (non-hydrogen) atoms. The van der Waals surface area contributed by atoms with Crippen molar-refractivity contribution in [2.24, 2.45) is 0 Å². The molecule has 0 saturated carbocycles. The summed E-state index contributed by atoms with van der Waals surface area (Å²) in [6.07, 6.45) is 0.803. The Bertz CT molecular complexity index is 966. The molecule has 2 aromatic carbocycles. The lowest BCUT2D eigenvalue weighted by Crippen LogP contribution is -2.32.